The number of hydrogen-bond donors (Lipinski definition) is 2. The fourth-order valence-corrected chi connectivity index (χ4v) is 5.56. The van der Waals surface area contributed by atoms with E-state index < -0.39 is 17.7 Å². The molecular formula is C16H26N2O3S2. The standard InChI is InChI=1S/C16H26N2O3S2/c1-16(2,3)21-15(20)18-13-8-10(7-11(13)12(17)9-19)14-22-5-4-6-23-14/h9,11-13H,4-8,17H2,1-3H3,(H,18,20). The number of alkyl carbamates (subject to hydrolysis) is 1. The molecule has 0 aromatic carbocycles. The van der Waals surface area contributed by atoms with Crippen molar-refractivity contribution in [3.05, 3.63) is 9.81 Å². The summed E-state index contributed by atoms with van der Waals surface area (Å²) in [5.41, 5.74) is 6.75. The van der Waals surface area contributed by atoms with Gasteiger partial charge in [0.1, 0.15) is 11.9 Å². The van der Waals surface area contributed by atoms with Crippen molar-refractivity contribution in [2.24, 2.45) is 11.7 Å². The lowest BCUT2D eigenvalue weighted by molar-refractivity contribution is -0.110. The number of amides is 1. The van der Waals surface area contributed by atoms with Crippen LogP contribution in [0.2, 0.25) is 0 Å². The minimum absolute atomic E-state index is 0.0642. The van der Waals surface area contributed by atoms with Gasteiger partial charge in [-0.15, -0.1) is 23.5 Å². The molecule has 0 spiro atoms. The number of aldehydes is 1. The Labute approximate surface area is 146 Å². The number of rotatable bonds is 3. The molecule has 1 amide bonds. The number of carbonyl (C=O) groups excluding carboxylic acids is 2. The van der Waals surface area contributed by atoms with Crippen LogP contribution in [-0.2, 0) is 9.53 Å². The van der Waals surface area contributed by atoms with Crippen molar-refractivity contribution >= 4 is 35.9 Å². The highest BCUT2D eigenvalue weighted by molar-refractivity contribution is 8.22. The van der Waals surface area contributed by atoms with Crippen LogP contribution in [-0.4, -0.2) is 41.6 Å². The van der Waals surface area contributed by atoms with Gasteiger partial charge in [-0.3, -0.25) is 0 Å². The summed E-state index contributed by atoms with van der Waals surface area (Å²) < 4.78 is 6.69. The average molecular weight is 359 g/mol. The Morgan fingerprint density at radius 2 is 2.00 bits per heavy atom. The maximum atomic E-state index is 12.1. The van der Waals surface area contributed by atoms with Crippen molar-refractivity contribution < 1.29 is 14.3 Å². The largest absolute Gasteiger partial charge is 0.444 e. The van der Waals surface area contributed by atoms with Gasteiger partial charge in [0.25, 0.3) is 0 Å². The molecule has 5 nitrogen and oxygen atoms in total. The molecule has 0 aromatic heterocycles. The molecule has 7 heteroatoms. The molecule has 0 radical (unpaired) electrons. The second kappa shape index (κ2) is 7.94. The molecule has 0 bridgehead atoms. The Morgan fingerprint density at radius 1 is 1.35 bits per heavy atom. The molecule has 1 aliphatic carbocycles. The van der Waals surface area contributed by atoms with Crippen molar-refractivity contribution in [2.45, 2.75) is 57.7 Å². The van der Waals surface area contributed by atoms with Crippen LogP contribution >= 0.6 is 23.5 Å². The number of hydrogen-bond acceptors (Lipinski definition) is 6. The Morgan fingerprint density at radius 3 is 2.57 bits per heavy atom. The summed E-state index contributed by atoms with van der Waals surface area (Å²) in [6.45, 7) is 5.50. The molecule has 3 unspecified atom stereocenters. The van der Waals surface area contributed by atoms with Gasteiger partial charge >= 0.3 is 6.09 Å². The van der Waals surface area contributed by atoms with Crippen molar-refractivity contribution in [3.8, 4) is 0 Å². The first kappa shape index (κ1) is 18.7. The van der Waals surface area contributed by atoms with Crippen LogP contribution in [0.4, 0.5) is 4.79 Å². The Hall–Kier alpha value is -0.660. The molecule has 130 valence electrons. The van der Waals surface area contributed by atoms with Crippen molar-refractivity contribution in [3.63, 3.8) is 0 Å². The number of thioether (sulfide) groups is 2. The zero-order chi connectivity index (χ0) is 17.0. The second-order valence-corrected chi connectivity index (χ2v) is 9.45. The number of carbonyl (C=O) groups is 2. The summed E-state index contributed by atoms with van der Waals surface area (Å²) >= 11 is 3.76. The van der Waals surface area contributed by atoms with E-state index in [1.54, 1.807) is 0 Å². The number of nitrogens with one attached hydrogen (secondary N) is 1. The first-order chi connectivity index (χ1) is 10.8. The van der Waals surface area contributed by atoms with E-state index in [9.17, 15) is 9.59 Å². The van der Waals surface area contributed by atoms with Gasteiger partial charge < -0.3 is 20.6 Å². The second-order valence-electron chi connectivity index (χ2n) is 6.98. The summed E-state index contributed by atoms with van der Waals surface area (Å²) in [4.78, 5) is 23.2. The van der Waals surface area contributed by atoms with Crippen LogP contribution in [0.1, 0.15) is 40.0 Å². The minimum Gasteiger partial charge on any atom is -0.444 e. The van der Waals surface area contributed by atoms with Gasteiger partial charge in [-0.2, -0.15) is 0 Å². The van der Waals surface area contributed by atoms with E-state index in [0.29, 0.717) is 0 Å². The Kier molecular flexibility index (Phi) is 6.45. The zero-order valence-corrected chi connectivity index (χ0v) is 15.6. The van der Waals surface area contributed by atoms with E-state index in [1.807, 2.05) is 44.3 Å². The fraction of sp³-hybridized carbons (Fsp3) is 0.750. The van der Waals surface area contributed by atoms with Crippen LogP contribution in [0.3, 0.4) is 0 Å². The van der Waals surface area contributed by atoms with Gasteiger partial charge in [-0.1, -0.05) is 0 Å². The molecule has 0 aromatic rings. The lowest BCUT2D eigenvalue weighted by Crippen LogP contribution is -2.46. The summed E-state index contributed by atoms with van der Waals surface area (Å²) in [7, 11) is 0. The highest BCUT2D eigenvalue weighted by atomic mass is 32.2. The van der Waals surface area contributed by atoms with Crippen LogP contribution in [0.5, 0.6) is 0 Å². The molecule has 2 fully saturated rings. The molecule has 1 saturated heterocycles. The summed E-state index contributed by atoms with van der Waals surface area (Å²) in [5.74, 6) is 2.21. The van der Waals surface area contributed by atoms with Gasteiger partial charge in [-0.05, 0) is 57.1 Å². The molecule has 1 heterocycles. The zero-order valence-electron chi connectivity index (χ0n) is 14.0. The van der Waals surface area contributed by atoms with E-state index in [2.05, 4.69) is 5.32 Å². The van der Waals surface area contributed by atoms with Gasteiger partial charge in [0.15, 0.2) is 0 Å². The molecule has 23 heavy (non-hydrogen) atoms. The highest BCUT2D eigenvalue weighted by Gasteiger charge is 2.38. The van der Waals surface area contributed by atoms with Gasteiger partial charge in [0, 0.05) is 16.2 Å². The molecule has 3 atom stereocenters. The molecule has 2 rings (SSSR count). The van der Waals surface area contributed by atoms with Gasteiger partial charge in [0.05, 0.1) is 6.04 Å². The first-order valence-electron chi connectivity index (χ1n) is 7.98. The molecule has 1 saturated carbocycles. The maximum absolute atomic E-state index is 12.1. The van der Waals surface area contributed by atoms with E-state index in [-0.39, 0.29) is 12.0 Å². The maximum Gasteiger partial charge on any atom is 0.407 e. The average Bonchev–Trinajstić information content (AvgIpc) is 2.89. The third kappa shape index (κ3) is 5.43. The fourth-order valence-electron chi connectivity index (χ4n) is 2.85. The van der Waals surface area contributed by atoms with Crippen molar-refractivity contribution in [1.29, 1.82) is 0 Å². The van der Waals surface area contributed by atoms with Gasteiger partial charge in [-0.25, -0.2) is 4.79 Å². The van der Waals surface area contributed by atoms with Crippen LogP contribution in [0, 0.1) is 5.92 Å². The normalized spacial score (nSPS) is 26.8. The molecular weight excluding hydrogens is 332 g/mol. The summed E-state index contributed by atoms with van der Waals surface area (Å²) in [6.07, 6.45) is 3.09. The topological polar surface area (TPSA) is 81.4 Å². The number of ether oxygens (including phenoxy) is 1. The quantitative estimate of drug-likeness (QED) is 0.755. The van der Waals surface area contributed by atoms with Crippen LogP contribution in [0.15, 0.2) is 9.81 Å². The van der Waals surface area contributed by atoms with E-state index >= 15 is 0 Å². The monoisotopic (exact) mass is 358 g/mol. The molecule has 1 aliphatic heterocycles. The minimum atomic E-state index is -0.563. The smallest absolute Gasteiger partial charge is 0.407 e. The van der Waals surface area contributed by atoms with Crippen LogP contribution in [0.25, 0.3) is 0 Å². The third-order valence-electron chi connectivity index (χ3n) is 3.86. The Balaban J connectivity index is 2.08. The third-order valence-corrected chi connectivity index (χ3v) is 6.66. The lowest BCUT2D eigenvalue weighted by atomic mass is 9.96. The summed E-state index contributed by atoms with van der Waals surface area (Å²) in [6, 6.07) is -0.706. The highest BCUT2D eigenvalue weighted by Crippen LogP contribution is 2.44. The van der Waals surface area contributed by atoms with Crippen LogP contribution < -0.4 is 11.1 Å². The van der Waals surface area contributed by atoms with E-state index in [4.69, 9.17) is 10.5 Å². The predicted molar refractivity (Wildman–Crippen MR) is 96.5 cm³/mol. The SMILES string of the molecule is CC(C)(C)OC(=O)NC1CC(=C2SCCCS2)CC1C(N)C=O. The lowest BCUT2D eigenvalue weighted by Gasteiger charge is -2.25. The Bertz CT molecular complexity index is 480. The molecule has 3 N–H and O–H groups in total. The first-order valence-corrected chi connectivity index (χ1v) is 9.95. The predicted octanol–water partition coefficient (Wildman–Crippen LogP) is 2.90. The van der Waals surface area contributed by atoms with Gasteiger partial charge in [0.2, 0.25) is 0 Å². The van der Waals surface area contributed by atoms with E-state index in [1.165, 1.54) is 16.2 Å². The summed E-state index contributed by atoms with van der Waals surface area (Å²) in [5, 5.41) is 2.92. The van der Waals surface area contributed by atoms with E-state index in [0.717, 1.165) is 30.6 Å². The van der Waals surface area contributed by atoms with Crippen molar-refractivity contribution in [2.75, 3.05) is 11.5 Å². The number of nitrogens with two attached hydrogens (primary N) is 1. The molecule has 2 aliphatic rings. The van der Waals surface area contributed by atoms with Crippen molar-refractivity contribution in [1.82, 2.24) is 5.32 Å².